The molecule has 0 spiro atoms. The summed E-state index contributed by atoms with van der Waals surface area (Å²) in [5.41, 5.74) is 0.740. The molecule has 0 saturated heterocycles. The molecular formula is C11H11NO4. The lowest BCUT2D eigenvalue weighted by molar-refractivity contribution is -0.121. The van der Waals surface area contributed by atoms with Crippen molar-refractivity contribution in [2.45, 2.75) is 6.42 Å². The minimum atomic E-state index is -1.03. The third-order valence-corrected chi connectivity index (χ3v) is 1.92. The van der Waals surface area contributed by atoms with Crippen molar-refractivity contribution in [2.75, 3.05) is 6.54 Å². The fourth-order valence-corrected chi connectivity index (χ4v) is 1.22. The second-order valence-corrected chi connectivity index (χ2v) is 3.15. The van der Waals surface area contributed by atoms with Gasteiger partial charge in [-0.15, -0.1) is 0 Å². The second kappa shape index (κ2) is 5.65. The van der Waals surface area contributed by atoms with Crippen LogP contribution in [0.15, 0.2) is 24.3 Å². The van der Waals surface area contributed by atoms with Gasteiger partial charge in [-0.25, -0.2) is 4.79 Å². The average Bonchev–Trinajstić information content (AvgIpc) is 2.26. The lowest BCUT2D eigenvalue weighted by atomic mass is 10.1. The number of carboxylic acid groups (broad SMARTS) is 1. The Morgan fingerprint density at radius 1 is 1.38 bits per heavy atom. The minimum absolute atomic E-state index is 0.0303. The molecule has 16 heavy (non-hydrogen) atoms. The zero-order valence-electron chi connectivity index (χ0n) is 8.47. The smallest absolute Gasteiger partial charge is 0.335 e. The molecule has 0 aliphatic rings. The molecule has 0 radical (unpaired) electrons. The summed E-state index contributed by atoms with van der Waals surface area (Å²) >= 11 is 0. The van der Waals surface area contributed by atoms with Crippen LogP contribution in [0.25, 0.3) is 0 Å². The zero-order valence-corrected chi connectivity index (χ0v) is 8.47. The summed E-state index contributed by atoms with van der Waals surface area (Å²) in [5.74, 6) is -1.34. The molecule has 1 amide bonds. The van der Waals surface area contributed by atoms with Gasteiger partial charge in [0.25, 0.3) is 0 Å². The average molecular weight is 221 g/mol. The molecule has 1 rings (SSSR count). The molecule has 0 fully saturated rings. The first-order valence-electron chi connectivity index (χ1n) is 4.66. The normalized spacial score (nSPS) is 9.50. The Morgan fingerprint density at radius 2 is 2.12 bits per heavy atom. The van der Waals surface area contributed by atoms with E-state index in [-0.39, 0.29) is 24.4 Å². The molecule has 1 aromatic carbocycles. The number of amides is 1. The molecule has 84 valence electrons. The Kier molecular flexibility index (Phi) is 4.20. The molecule has 1 aromatic rings. The van der Waals surface area contributed by atoms with Crippen LogP contribution in [0.2, 0.25) is 0 Å². The Hall–Kier alpha value is -2.17. The molecule has 2 N–H and O–H groups in total. The van der Waals surface area contributed by atoms with Gasteiger partial charge in [0.1, 0.15) is 6.29 Å². The van der Waals surface area contributed by atoms with Crippen molar-refractivity contribution in [3.8, 4) is 0 Å². The molecule has 0 aliphatic heterocycles. The molecule has 0 aromatic heterocycles. The summed E-state index contributed by atoms with van der Waals surface area (Å²) in [4.78, 5) is 31.9. The van der Waals surface area contributed by atoms with E-state index in [9.17, 15) is 14.4 Å². The third kappa shape index (κ3) is 3.53. The molecular weight excluding hydrogens is 210 g/mol. The molecule has 5 heteroatoms. The fraction of sp³-hybridized carbons (Fsp3) is 0.182. The molecule has 0 atom stereocenters. The standard InChI is InChI=1S/C11H11NO4/c13-5-4-12-10(14)7-8-2-1-3-9(6-8)11(15)16/h1-3,5-6H,4,7H2,(H,12,14)(H,15,16). The van der Waals surface area contributed by atoms with Crippen LogP contribution < -0.4 is 5.32 Å². The summed E-state index contributed by atoms with van der Waals surface area (Å²) < 4.78 is 0. The van der Waals surface area contributed by atoms with Crippen molar-refractivity contribution >= 4 is 18.2 Å². The number of hydrogen-bond acceptors (Lipinski definition) is 3. The van der Waals surface area contributed by atoms with E-state index in [0.717, 1.165) is 0 Å². The van der Waals surface area contributed by atoms with Gasteiger partial charge in [-0.1, -0.05) is 12.1 Å². The van der Waals surface area contributed by atoms with Crippen LogP contribution in [0, 0.1) is 0 Å². The van der Waals surface area contributed by atoms with Gasteiger partial charge >= 0.3 is 5.97 Å². The quantitative estimate of drug-likeness (QED) is 0.698. The molecule has 5 nitrogen and oxygen atoms in total. The number of hydrogen-bond donors (Lipinski definition) is 2. The van der Waals surface area contributed by atoms with Crippen molar-refractivity contribution in [2.24, 2.45) is 0 Å². The van der Waals surface area contributed by atoms with E-state index < -0.39 is 5.97 Å². The van der Waals surface area contributed by atoms with Crippen molar-refractivity contribution in [3.05, 3.63) is 35.4 Å². The first-order valence-corrected chi connectivity index (χ1v) is 4.66. The highest BCUT2D eigenvalue weighted by atomic mass is 16.4. The van der Waals surface area contributed by atoms with Crippen molar-refractivity contribution in [1.29, 1.82) is 0 Å². The van der Waals surface area contributed by atoms with E-state index in [1.165, 1.54) is 12.1 Å². The first kappa shape index (κ1) is 11.9. The van der Waals surface area contributed by atoms with Crippen LogP contribution >= 0.6 is 0 Å². The van der Waals surface area contributed by atoms with Crippen molar-refractivity contribution < 1.29 is 19.5 Å². The monoisotopic (exact) mass is 221 g/mol. The first-order chi connectivity index (χ1) is 7.63. The number of carbonyl (C=O) groups excluding carboxylic acids is 2. The van der Waals surface area contributed by atoms with E-state index >= 15 is 0 Å². The summed E-state index contributed by atoms with van der Waals surface area (Å²) in [5, 5.41) is 11.1. The zero-order chi connectivity index (χ0) is 12.0. The van der Waals surface area contributed by atoms with Crippen LogP contribution in [-0.4, -0.2) is 29.8 Å². The maximum atomic E-state index is 11.2. The van der Waals surface area contributed by atoms with E-state index in [4.69, 9.17) is 5.11 Å². The van der Waals surface area contributed by atoms with Gasteiger partial charge in [-0.3, -0.25) is 4.79 Å². The SMILES string of the molecule is O=CCNC(=O)Cc1cccc(C(=O)O)c1. The minimum Gasteiger partial charge on any atom is -0.478 e. The molecule has 0 bridgehead atoms. The number of benzene rings is 1. The number of nitrogens with one attached hydrogen (secondary N) is 1. The topological polar surface area (TPSA) is 83.5 Å². The largest absolute Gasteiger partial charge is 0.478 e. The second-order valence-electron chi connectivity index (χ2n) is 3.15. The van der Waals surface area contributed by atoms with Gasteiger partial charge in [0.15, 0.2) is 0 Å². The summed E-state index contributed by atoms with van der Waals surface area (Å²) in [6, 6.07) is 6.12. The maximum Gasteiger partial charge on any atom is 0.335 e. The Morgan fingerprint density at radius 3 is 2.75 bits per heavy atom. The number of carbonyl (C=O) groups is 3. The Balaban J connectivity index is 2.66. The lowest BCUT2D eigenvalue weighted by Gasteiger charge is -2.02. The van der Waals surface area contributed by atoms with E-state index in [0.29, 0.717) is 11.8 Å². The van der Waals surface area contributed by atoms with Crippen LogP contribution in [0.3, 0.4) is 0 Å². The van der Waals surface area contributed by atoms with Gasteiger partial charge < -0.3 is 15.2 Å². The maximum absolute atomic E-state index is 11.2. The highest BCUT2D eigenvalue weighted by molar-refractivity contribution is 5.88. The third-order valence-electron chi connectivity index (χ3n) is 1.92. The summed E-state index contributed by atoms with van der Waals surface area (Å²) in [6.45, 7) is -0.0303. The van der Waals surface area contributed by atoms with Crippen LogP contribution in [-0.2, 0) is 16.0 Å². The molecule has 0 aliphatic carbocycles. The van der Waals surface area contributed by atoms with E-state index in [2.05, 4.69) is 5.32 Å². The Bertz CT molecular complexity index is 414. The predicted octanol–water partition coefficient (Wildman–Crippen LogP) is 0.242. The van der Waals surface area contributed by atoms with Crippen LogP contribution in [0.4, 0.5) is 0 Å². The highest BCUT2D eigenvalue weighted by Gasteiger charge is 2.06. The number of rotatable bonds is 5. The fourth-order valence-electron chi connectivity index (χ4n) is 1.22. The van der Waals surface area contributed by atoms with Gasteiger partial charge in [0.05, 0.1) is 18.5 Å². The highest BCUT2D eigenvalue weighted by Crippen LogP contribution is 2.05. The van der Waals surface area contributed by atoms with Crippen LogP contribution in [0.1, 0.15) is 15.9 Å². The van der Waals surface area contributed by atoms with E-state index in [1.807, 2.05) is 0 Å². The van der Waals surface area contributed by atoms with Gasteiger partial charge in [0, 0.05) is 0 Å². The number of carboxylic acids is 1. The van der Waals surface area contributed by atoms with E-state index in [1.54, 1.807) is 12.1 Å². The van der Waals surface area contributed by atoms with Crippen molar-refractivity contribution in [3.63, 3.8) is 0 Å². The molecule has 0 heterocycles. The summed E-state index contributed by atoms with van der Waals surface area (Å²) in [7, 11) is 0. The lowest BCUT2D eigenvalue weighted by Crippen LogP contribution is -2.26. The Labute approximate surface area is 92.1 Å². The number of aldehydes is 1. The molecule has 0 unspecified atom stereocenters. The number of aromatic carboxylic acids is 1. The van der Waals surface area contributed by atoms with Crippen LogP contribution in [0.5, 0.6) is 0 Å². The van der Waals surface area contributed by atoms with Gasteiger partial charge in [0.2, 0.25) is 5.91 Å². The van der Waals surface area contributed by atoms with Gasteiger partial charge in [-0.05, 0) is 17.7 Å². The van der Waals surface area contributed by atoms with Crippen molar-refractivity contribution in [1.82, 2.24) is 5.32 Å². The predicted molar refractivity (Wildman–Crippen MR) is 56.2 cm³/mol. The molecule has 0 saturated carbocycles. The summed E-state index contributed by atoms with van der Waals surface area (Å²) in [6.07, 6.45) is 0.653. The van der Waals surface area contributed by atoms with Gasteiger partial charge in [-0.2, -0.15) is 0 Å².